The van der Waals surface area contributed by atoms with Gasteiger partial charge in [0.25, 0.3) is 10.0 Å². The van der Waals surface area contributed by atoms with Crippen LogP contribution in [0.2, 0.25) is 5.02 Å². The molecule has 0 saturated heterocycles. The fraction of sp³-hybridized carbons (Fsp3) is 0.0667. The van der Waals surface area contributed by atoms with Gasteiger partial charge in [-0.25, -0.2) is 26.4 Å². The number of primary sulfonamides is 1. The van der Waals surface area contributed by atoms with E-state index in [2.05, 4.69) is 0 Å². The second-order valence-corrected chi connectivity index (χ2v) is 8.92. The first-order chi connectivity index (χ1) is 11.5. The molecule has 0 spiro atoms. The van der Waals surface area contributed by atoms with Crippen molar-refractivity contribution in [3.05, 3.63) is 63.8 Å². The molecule has 0 amide bonds. The molecule has 0 aromatic heterocycles. The van der Waals surface area contributed by atoms with Crippen LogP contribution >= 0.6 is 11.6 Å². The molecular weight excluding hydrogens is 391 g/mol. The minimum atomic E-state index is -4.24. The lowest BCUT2D eigenvalue weighted by molar-refractivity contribution is 0.597. The maximum atomic E-state index is 13.4. The molecule has 0 aliphatic heterocycles. The fourth-order valence-corrected chi connectivity index (χ4v) is 3.70. The summed E-state index contributed by atoms with van der Waals surface area (Å²) in [4.78, 5) is -0.642. The molecule has 2 aromatic rings. The maximum absolute atomic E-state index is 13.4. The monoisotopic (exact) mass is 404 g/mol. The highest BCUT2D eigenvalue weighted by Gasteiger charge is 2.20. The Morgan fingerprint density at radius 2 is 1.72 bits per heavy atom. The Labute approximate surface area is 150 Å². The van der Waals surface area contributed by atoms with Gasteiger partial charge in [0.2, 0.25) is 10.0 Å². The van der Waals surface area contributed by atoms with E-state index in [1.54, 1.807) is 24.3 Å². The van der Waals surface area contributed by atoms with Crippen LogP contribution < -0.4 is 9.86 Å². The predicted molar refractivity (Wildman–Crippen MR) is 95.4 cm³/mol. The van der Waals surface area contributed by atoms with Crippen molar-refractivity contribution < 1.29 is 21.2 Å². The van der Waals surface area contributed by atoms with Gasteiger partial charge in [0, 0.05) is 5.02 Å². The number of nitrogens with one attached hydrogen (secondary N) is 1. The van der Waals surface area contributed by atoms with Crippen molar-refractivity contribution in [3.8, 4) is 0 Å². The first kappa shape index (κ1) is 19.4. The average molecular weight is 405 g/mol. The van der Waals surface area contributed by atoms with Crippen LogP contribution in [0.25, 0.3) is 6.08 Å². The van der Waals surface area contributed by atoms with Gasteiger partial charge in [-0.05, 0) is 48.9 Å². The molecule has 25 heavy (non-hydrogen) atoms. The van der Waals surface area contributed by atoms with Crippen molar-refractivity contribution in [2.75, 3.05) is 4.72 Å². The van der Waals surface area contributed by atoms with Gasteiger partial charge >= 0.3 is 0 Å². The van der Waals surface area contributed by atoms with E-state index in [4.69, 9.17) is 16.7 Å². The summed E-state index contributed by atoms with van der Waals surface area (Å²) in [7, 11) is -8.37. The topological polar surface area (TPSA) is 106 Å². The lowest BCUT2D eigenvalue weighted by Gasteiger charge is -2.12. The number of sulfonamides is 2. The molecule has 0 fully saturated rings. The Kier molecular flexibility index (Phi) is 5.52. The van der Waals surface area contributed by atoms with Crippen LogP contribution in [0.4, 0.5) is 10.1 Å². The van der Waals surface area contributed by atoms with Crippen molar-refractivity contribution >= 4 is 43.4 Å². The summed E-state index contributed by atoms with van der Waals surface area (Å²) in [6.45, 7) is 1.31. The van der Waals surface area contributed by atoms with E-state index in [1.807, 2.05) is 4.72 Å². The molecule has 0 radical (unpaired) electrons. The minimum absolute atomic E-state index is 0.112. The van der Waals surface area contributed by atoms with Gasteiger partial charge < -0.3 is 0 Å². The van der Waals surface area contributed by atoms with Crippen molar-refractivity contribution in [2.24, 2.45) is 5.14 Å². The van der Waals surface area contributed by atoms with Crippen LogP contribution in [-0.4, -0.2) is 16.8 Å². The summed E-state index contributed by atoms with van der Waals surface area (Å²) in [6, 6.07) is 8.90. The zero-order valence-electron chi connectivity index (χ0n) is 12.9. The van der Waals surface area contributed by atoms with Crippen LogP contribution in [0.3, 0.4) is 0 Å². The van der Waals surface area contributed by atoms with Crippen LogP contribution in [0.1, 0.15) is 12.5 Å². The highest BCUT2D eigenvalue weighted by Crippen LogP contribution is 2.24. The molecule has 134 valence electrons. The molecule has 0 heterocycles. The van der Waals surface area contributed by atoms with Gasteiger partial charge in [-0.1, -0.05) is 23.7 Å². The Bertz CT molecular complexity index is 1030. The molecular formula is C15H14ClFN2O4S2. The smallest absolute Gasteiger partial charge is 0.257 e. The van der Waals surface area contributed by atoms with Gasteiger partial charge in [-0.2, -0.15) is 0 Å². The standard InChI is InChI=1S/C15H14ClFN2O4S2/c1-10(8-11-2-4-12(16)5-3-11)25(22,23)19-14-9-13(17)6-7-15(14)24(18,20)21/h2-9,19H,1H3,(H2,18,20,21). The molecule has 3 N–H and O–H groups in total. The third kappa shape index (κ3) is 5.02. The van der Waals surface area contributed by atoms with Crippen molar-refractivity contribution in [1.29, 1.82) is 0 Å². The Hall–Kier alpha value is -1.94. The largest absolute Gasteiger partial charge is 0.278 e. The van der Waals surface area contributed by atoms with Gasteiger partial charge in [0.1, 0.15) is 10.7 Å². The third-order valence-corrected chi connectivity index (χ3v) is 5.83. The number of benzene rings is 2. The fourth-order valence-electron chi connectivity index (χ4n) is 1.93. The molecule has 2 rings (SSSR count). The highest BCUT2D eigenvalue weighted by molar-refractivity contribution is 7.96. The summed E-state index contributed by atoms with van der Waals surface area (Å²) >= 11 is 5.76. The Balaban J connectivity index is 2.42. The van der Waals surface area contributed by atoms with Crippen LogP contribution in [0.15, 0.2) is 52.3 Å². The second-order valence-electron chi connectivity index (χ2n) is 5.10. The van der Waals surface area contributed by atoms with E-state index in [9.17, 15) is 21.2 Å². The van der Waals surface area contributed by atoms with E-state index in [0.29, 0.717) is 10.6 Å². The van der Waals surface area contributed by atoms with E-state index in [1.165, 1.54) is 13.0 Å². The van der Waals surface area contributed by atoms with Gasteiger partial charge in [-0.3, -0.25) is 4.72 Å². The Morgan fingerprint density at radius 3 is 2.28 bits per heavy atom. The lowest BCUT2D eigenvalue weighted by atomic mass is 10.2. The van der Waals surface area contributed by atoms with Crippen LogP contribution in [-0.2, 0) is 20.0 Å². The number of halogens is 2. The SMILES string of the molecule is CC(=Cc1ccc(Cl)cc1)S(=O)(=O)Nc1cc(F)ccc1S(N)(=O)=O. The molecule has 0 aliphatic carbocycles. The summed E-state index contributed by atoms with van der Waals surface area (Å²) in [5, 5.41) is 5.52. The Morgan fingerprint density at radius 1 is 1.12 bits per heavy atom. The molecule has 2 aromatic carbocycles. The minimum Gasteiger partial charge on any atom is -0.278 e. The molecule has 0 saturated carbocycles. The first-order valence-corrected chi connectivity index (χ1v) is 10.2. The zero-order valence-corrected chi connectivity index (χ0v) is 15.3. The summed E-state index contributed by atoms with van der Waals surface area (Å²) in [6.07, 6.45) is 1.36. The number of nitrogens with two attached hydrogens (primary N) is 1. The number of anilines is 1. The number of hydrogen-bond acceptors (Lipinski definition) is 4. The summed E-state index contributed by atoms with van der Waals surface area (Å²) in [5.41, 5.74) is 0.101. The summed E-state index contributed by atoms with van der Waals surface area (Å²) in [5.74, 6) is -0.815. The van der Waals surface area contributed by atoms with Crippen molar-refractivity contribution in [3.63, 3.8) is 0 Å². The number of rotatable bonds is 5. The molecule has 0 unspecified atom stereocenters. The van der Waals surface area contributed by atoms with Gasteiger partial charge in [-0.15, -0.1) is 0 Å². The van der Waals surface area contributed by atoms with Crippen LogP contribution in [0, 0.1) is 5.82 Å². The molecule has 10 heteroatoms. The molecule has 0 aliphatic rings. The first-order valence-electron chi connectivity index (χ1n) is 6.78. The quantitative estimate of drug-likeness (QED) is 0.798. The molecule has 0 atom stereocenters. The normalized spacial score (nSPS) is 12.9. The van der Waals surface area contributed by atoms with E-state index in [0.717, 1.165) is 18.2 Å². The highest BCUT2D eigenvalue weighted by atomic mass is 35.5. The van der Waals surface area contributed by atoms with E-state index >= 15 is 0 Å². The van der Waals surface area contributed by atoms with Gasteiger partial charge in [0.05, 0.1) is 10.6 Å². The van der Waals surface area contributed by atoms with Gasteiger partial charge in [0.15, 0.2) is 0 Å². The van der Waals surface area contributed by atoms with Crippen molar-refractivity contribution in [2.45, 2.75) is 11.8 Å². The molecule has 6 nitrogen and oxygen atoms in total. The summed E-state index contributed by atoms with van der Waals surface area (Å²) < 4.78 is 63.3. The number of hydrogen-bond donors (Lipinski definition) is 2. The van der Waals surface area contributed by atoms with E-state index < -0.39 is 36.4 Å². The van der Waals surface area contributed by atoms with Crippen molar-refractivity contribution in [1.82, 2.24) is 0 Å². The lowest BCUT2D eigenvalue weighted by Crippen LogP contribution is -2.19. The third-order valence-electron chi connectivity index (χ3n) is 3.16. The van der Waals surface area contributed by atoms with Crippen LogP contribution in [0.5, 0.6) is 0 Å². The zero-order chi connectivity index (χ0) is 18.8. The second kappa shape index (κ2) is 7.12. The predicted octanol–water partition coefficient (Wildman–Crippen LogP) is 2.93. The molecule has 0 bridgehead atoms. The average Bonchev–Trinajstić information content (AvgIpc) is 2.47. The van der Waals surface area contributed by atoms with E-state index in [-0.39, 0.29) is 4.91 Å². The number of allylic oxidation sites excluding steroid dienone is 1. The maximum Gasteiger partial charge on any atom is 0.257 e.